The quantitative estimate of drug-likeness (QED) is 0.260. The zero-order valence-corrected chi connectivity index (χ0v) is 20.0. The van der Waals surface area contributed by atoms with Gasteiger partial charge in [0.2, 0.25) is 0 Å². The lowest BCUT2D eigenvalue weighted by Gasteiger charge is -2.13. The van der Waals surface area contributed by atoms with Gasteiger partial charge in [-0.1, -0.05) is 41.9 Å². The van der Waals surface area contributed by atoms with Gasteiger partial charge in [-0.05, 0) is 51.7 Å². The van der Waals surface area contributed by atoms with Crippen LogP contribution in [0.15, 0.2) is 72.2 Å². The van der Waals surface area contributed by atoms with Crippen LogP contribution >= 0.6 is 22.9 Å². The summed E-state index contributed by atoms with van der Waals surface area (Å²) in [6.45, 7) is 0.975. The second-order valence-electron chi connectivity index (χ2n) is 8.05. The molecule has 0 fully saturated rings. The molecule has 5 rings (SSSR count). The number of hydrogen-bond donors (Lipinski definition) is 1. The molecule has 3 aromatic carbocycles. The molecule has 2 aromatic heterocycles. The molecule has 5 aromatic rings. The molecule has 0 saturated carbocycles. The van der Waals surface area contributed by atoms with E-state index in [4.69, 9.17) is 21.1 Å². The lowest BCUT2D eigenvalue weighted by Crippen LogP contribution is -2.00. The summed E-state index contributed by atoms with van der Waals surface area (Å²) in [5.41, 5.74) is 3.79. The molecule has 5 nitrogen and oxygen atoms in total. The van der Waals surface area contributed by atoms with Gasteiger partial charge in [0, 0.05) is 33.9 Å². The average Bonchev–Trinajstić information content (AvgIpc) is 3.38. The molecule has 2 heterocycles. The number of aromatic nitrogens is 1. The number of nitrogens with zero attached hydrogens (tertiary/aromatic N) is 1. The minimum absolute atomic E-state index is 0.0792. The molecule has 0 spiro atoms. The van der Waals surface area contributed by atoms with Crippen LogP contribution in [0.2, 0.25) is 5.02 Å². The van der Waals surface area contributed by atoms with E-state index < -0.39 is 5.97 Å². The van der Waals surface area contributed by atoms with Crippen molar-refractivity contribution in [2.75, 3.05) is 7.11 Å². The maximum atomic E-state index is 11.6. The maximum absolute atomic E-state index is 11.6. The van der Waals surface area contributed by atoms with Crippen molar-refractivity contribution >= 4 is 49.9 Å². The number of carboxylic acid groups (broad SMARTS) is 1. The lowest BCUT2D eigenvalue weighted by molar-refractivity contribution is -0.136. The van der Waals surface area contributed by atoms with Gasteiger partial charge in [0.1, 0.15) is 6.61 Å². The van der Waals surface area contributed by atoms with Crippen molar-refractivity contribution in [1.82, 2.24) is 4.57 Å². The molecule has 0 radical (unpaired) electrons. The smallest absolute Gasteiger partial charge is 0.307 e. The fourth-order valence-electron chi connectivity index (χ4n) is 4.17. The number of methoxy groups -OCH3 is 1. The van der Waals surface area contributed by atoms with Gasteiger partial charge in [-0.2, -0.15) is 0 Å². The predicted octanol–water partition coefficient (Wildman–Crippen LogP) is 6.77. The molecule has 1 N–H and O–H groups in total. The largest absolute Gasteiger partial charge is 0.493 e. The predicted molar refractivity (Wildman–Crippen MR) is 137 cm³/mol. The second kappa shape index (κ2) is 9.41. The van der Waals surface area contributed by atoms with Crippen LogP contribution < -0.4 is 9.47 Å². The Morgan fingerprint density at radius 2 is 1.85 bits per heavy atom. The molecule has 34 heavy (non-hydrogen) atoms. The van der Waals surface area contributed by atoms with Crippen LogP contribution in [0.3, 0.4) is 0 Å². The molecule has 172 valence electrons. The highest BCUT2D eigenvalue weighted by atomic mass is 35.5. The third-order valence-corrected chi connectivity index (χ3v) is 7.03. The van der Waals surface area contributed by atoms with E-state index in [0.29, 0.717) is 29.7 Å². The molecule has 0 atom stereocenters. The van der Waals surface area contributed by atoms with Gasteiger partial charge >= 0.3 is 5.97 Å². The fourth-order valence-corrected chi connectivity index (χ4v) is 5.28. The molecular formula is C27H22ClNO4S. The van der Waals surface area contributed by atoms with Crippen molar-refractivity contribution < 1.29 is 19.4 Å². The van der Waals surface area contributed by atoms with Crippen molar-refractivity contribution in [3.63, 3.8) is 0 Å². The highest BCUT2D eigenvalue weighted by molar-refractivity contribution is 7.17. The molecule has 7 heteroatoms. The summed E-state index contributed by atoms with van der Waals surface area (Å²) < 4.78 is 14.9. The number of rotatable bonds is 8. The Kier molecular flexibility index (Phi) is 6.18. The van der Waals surface area contributed by atoms with Gasteiger partial charge < -0.3 is 19.1 Å². The van der Waals surface area contributed by atoms with Crippen LogP contribution in [0.5, 0.6) is 11.5 Å². The molecule has 0 aliphatic carbocycles. The Labute approximate surface area is 205 Å². The van der Waals surface area contributed by atoms with Gasteiger partial charge in [-0.3, -0.25) is 4.79 Å². The van der Waals surface area contributed by atoms with Gasteiger partial charge in [0.05, 0.1) is 19.0 Å². The van der Waals surface area contributed by atoms with Gasteiger partial charge in [-0.25, -0.2) is 0 Å². The number of carboxylic acids is 1. The molecular weight excluding hydrogens is 470 g/mol. The summed E-state index contributed by atoms with van der Waals surface area (Å²) in [7, 11) is 1.61. The molecule has 0 unspecified atom stereocenters. The van der Waals surface area contributed by atoms with E-state index in [1.807, 2.05) is 66.9 Å². The Morgan fingerprint density at radius 1 is 1.03 bits per heavy atom. The van der Waals surface area contributed by atoms with Gasteiger partial charge in [0.25, 0.3) is 0 Å². The number of benzene rings is 3. The minimum Gasteiger partial charge on any atom is -0.493 e. The molecule has 0 bridgehead atoms. The fraction of sp³-hybridized carbons (Fsp3) is 0.148. The van der Waals surface area contributed by atoms with Crippen LogP contribution in [-0.4, -0.2) is 22.8 Å². The summed E-state index contributed by atoms with van der Waals surface area (Å²) >= 11 is 7.91. The van der Waals surface area contributed by atoms with E-state index in [-0.39, 0.29) is 6.42 Å². The Balaban J connectivity index is 1.56. The number of hydrogen-bond acceptors (Lipinski definition) is 4. The number of thiophene rings is 1. The summed E-state index contributed by atoms with van der Waals surface area (Å²) in [4.78, 5) is 11.6. The number of carbonyl (C=O) groups is 1. The zero-order chi connectivity index (χ0) is 23.7. The van der Waals surface area contributed by atoms with Crippen molar-refractivity contribution in [2.45, 2.75) is 19.6 Å². The SMILES string of the molecule is COc1cc2c(cc1OCc1ccccc1)c(CC(=O)O)cn2Cc1csc2ccc(Cl)cc12. The van der Waals surface area contributed by atoms with Crippen LogP contribution in [0.4, 0.5) is 0 Å². The van der Waals surface area contributed by atoms with E-state index >= 15 is 0 Å². The normalized spacial score (nSPS) is 11.2. The highest BCUT2D eigenvalue weighted by Gasteiger charge is 2.17. The first kappa shape index (κ1) is 22.3. The van der Waals surface area contributed by atoms with Crippen LogP contribution in [0.25, 0.3) is 21.0 Å². The Hall–Kier alpha value is -3.48. The number of halogens is 1. The van der Waals surface area contributed by atoms with Crippen molar-refractivity contribution in [2.24, 2.45) is 0 Å². The number of ether oxygens (including phenoxy) is 2. The first-order chi connectivity index (χ1) is 16.5. The van der Waals surface area contributed by atoms with Crippen molar-refractivity contribution in [3.05, 3.63) is 94.0 Å². The molecule has 0 saturated heterocycles. The van der Waals surface area contributed by atoms with E-state index in [1.54, 1.807) is 18.4 Å². The second-order valence-corrected chi connectivity index (χ2v) is 9.40. The highest BCUT2D eigenvalue weighted by Crippen LogP contribution is 2.37. The summed E-state index contributed by atoms with van der Waals surface area (Å²) in [5, 5.41) is 14.3. The van der Waals surface area contributed by atoms with Crippen molar-refractivity contribution in [3.8, 4) is 11.5 Å². The topological polar surface area (TPSA) is 60.7 Å². The average molecular weight is 492 g/mol. The van der Waals surface area contributed by atoms with Gasteiger partial charge in [-0.15, -0.1) is 11.3 Å². The van der Waals surface area contributed by atoms with E-state index in [1.165, 1.54) is 0 Å². The molecule has 0 aliphatic rings. The monoisotopic (exact) mass is 491 g/mol. The summed E-state index contributed by atoms with van der Waals surface area (Å²) in [5.74, 6) is 0.299. The Morgan fingerprint density at radius 3 is 2.62 bits per heavy atom. The van der Waals surface area contributed by atoms with E-state index in [2.05, 4.69) is 9.95 Å². The minimum atomic E-state index is -0.880. The van der Waals surface area contributed by atoms with E-state index in [9.17, 15) is 9.90 Å². The maximum Gasteiger partial charge on any atom is 0.307 e. The number of aliphatic carboxylic acids is 1. The number of fused-ring (bicyclic) bond motifs is 2. The molecule has 0 aliphatic heterocycles. The lowest BCUT2D eigenvalue weighted by atomic mass is 10.1. The van der Waals surface area contributed by atoms with Crippen LogP contribution in [-0.2, 0) is 24.4 Å². The third kappa shape index (κ3) is 4.47. The van der Waals surface area contributed by atoms with Crippen LogP contribution in [0, 0.1) is 0 Å². The third-order valence-electron chi connectivity index (χ3n) is 5.78. The Bertz CT molecular complexity index is 1490. The standard InChI is InChI=1S/C27H22ClNO4S/c1-32-24-12-23-21(11-25(24)33-15-17-5-3-2-4-6-17)18(9-27(30)31)13-29(23)14-19-16-34-26-8-7-20(28)10-22(19)26/h2-8,10-13,16H,9,14-15H2,1H3,(H,30,31). The molecule has 0 amide bonds. The van der Waals surface area contributed by atoms with Crippen LogP contribution in [0.1, 0.15) is 16.7 Å². The summed E-state index contributed by atoms with van der Waals surface area (Å²) in [6, 6.07) is 19.6. The summed E-state index contributed by atoms with van der Waals surface area (Å²) in [6.07, 6.45) is 1.83. The zero-order valence-electron chi connectivity index (χ0n) is 18.5. The first-order valence-corrected chi connectivity index (χ1v) is 12.0. The first-order valence-electron chi connectivity index (χ1n) is 10.8. The van der Waals surface area contributed by atoms with E-state index in [0.717, 1.165) is 37.7 Å². The van der Waals surface area contributed by atoms with Crippen molar-refractivity contribution in [1.29, 1.82) is 0 Å². The van der Waals surface area contributed by atoms with Gasteiger partial charge in [0.15, 0.2) is 11.5 Å².